The number of carbonyl (C=O) groups excluding carboxylic acids is 1. The zero-order chi connectivity index (χ0) is 14.7. The first-order valence-electron chi connectivity index (χ1n) is 6.02. The van der Waals surface area contributed by atoms with Gasteiger partial charge in [0.2, 0.25) is 5.91 Å². The van der Waals surface area contributed by atoms with Crippen LogP contribution in [0.2, 0.25) is 5.02 Å². The molecule has 0 saturated heterocycles. The molecule has 1 unspecified atom stereocenters. The third kappa shape index (κ3) is 2.92. The summed E-state index contributed by atoms with van der Waals surface area (Å²) in [7, 11) is 1.68. The SMILES string of the molecule is C#CCOc1ccc(C2=CCC(Cl)C(=O)N2C)c(Cl)c1. The van der Waals surface area contributed by atoms with Crippen LogP contribution in [0.25, 0.3) is 5.70 Å². The first-order chi connectivity index (χ1) is 9.54. The lowest BCUT2D eigenvalue weighted by molar-refractivity contribution is -0.126. The molecule has 5 heteroatoms. The maximum atomic E-state index is 11.9. The molecule has 2 rings (SSSR count). The molecule has 20 heavy (non-hydrogen) atoms. The molecule has 0 spiro atoms. The summed E-state index contributed by atoms with van der Waals surface area (Å²) in [5.74, 6) is 2.85. The van der Waals surface area contributed by atoms with Crippen LogP contribution in [0.1, 0.15) is 12.0 Å². The fourth-order valence-corrected chi connectivity index (χ4v) is 2.49. The topological polar surface area (TPSA) is 29.5 Å². The number of rotatable bonds is 3. The van der Waals surface area contributed by atoms with Crippen LogP contribution in [0, 0.1) is 12.3 Å². The van der Waals surface area contributed by atoms with Crippen molar-refractivity contribution in [2.75, 3.05) is 13.7 Å². The van der Waals surface area contributed by atoms with Crippen molar-refractivity contribution in [3.63, 3.8) is 0 Å². The number of hydrogen-bond donors (Lipinski definition) is 0. The quantitative estimate of drug-likeness (QED) is 0.634. The third-order valence-electron chi connectivity index (χ3n) is 3.02. The second-order valence-electron chi connectivity index (χ2n) is 4.32. The standard InChI is InChI=1S/C15H13Cl2NO2/c1-3-8-20-10-4-5-11(13(17)9-10)14-7-6-12(16)15(19)18(14)2/h1,4-5,7,9,12H,6,8H2,2H3. The second kappa shape index (κ2) is 6.21. The van der Waals surface area contributed by atoms with Crippen molar-refractivity contribution in [3.05, 3.63) is 34.9 Å². The Labute approximate surface area is 128 Å². The first-order valence-corrected chi connectivity index (χ1v) is 6.84. The summed E-state index contributed by atoms with van der Waals surface area (Å²) in [6, 6.07) is 5.25. The van der Waals surface area contributed by atoms with E-state index in [1.165, 1.54) is 4.90 Å². The van der Waals surface area contributed by atoms with E-state index >= 15 is 0 Å². The summed E-state index contributed by atoms with van der Waals surface area (Å²) < 4.78 is 5.30. The Kier molecular flexibility index (Phi) is 4.59. The molecule has 0 aliphatic carbocycles. The highest BCUT2D eigenvalue weighted by Gasteiger charge is 2.27. The van der Waals surface area contributed by atoms with Gasteiger partial charge in [-0.25, -0.2) is 0 Å². The Balaban J connectivity index is 2.30. The maximum absolute atomic E-state index is 11.9. The summed E-state index contributed by atoms with van der Waals surface area (Å²) in [5.41, 5.74) is 1.51. The van der Waals surface area contributed by atoms with Crippen molar-refractivity contribution < 1.29 is 9.53 Å². The highest BCUT2D eigenvalue weighted by molar-refractivity contribution is 6.33. The minimum atomic E-state index is -0.513. The predicted octanol–water partition coefficient (Wildman–Crippen LogP) is 3.16. The molecule has 0 fully saturated rings. The number of nitrogens with zero attached hydrogens (tertiary/aromatic N) is 1. The van der Waals surface area contributed by atoms with E-state index < -0.39 is 5.38 Å². The van der Waals surface area contributed by atoms with E-state index in [1.54, 1.807) is 25.2 Å². The van der Waals surface area contributed by atoms with Gasteiger partial charge in [-0.1, -0.05) is 23.6 Å². The summed E-state index contributed by atoms with van der Waals surface area (Å²) in [4.78, 5) is 13.4. The third-order valence-corrected chi connectivity index (χ3v) is 3.69. The average molecular weight is 310 g/mol. The van der Waals surface area contributed by atoms with Gasteiger partial charge < -0.3 is 9.64 Å². The molecule has 1 aliphatic rings. The van der Waals surface area contributed by atoms with Crippen LogP contribution < -0.4 is 4.74 Å². The van der Waals surface area contributed by atoms with Gasteiger partial charge in [-0.05, 0) is 24.6 Å². The van der Waals surface area contributed by atoms with Gasteiger partial charge in [-0.15, -0.1) is 18.0 Å². The largest absolute Gasteiger partial charge is 0.481 e. The van der Waals surface area contributed by atoms with Crippen molar-refractivity contribution >= 4 is 34.8 Å². The van der Waals surface area contributed by atoms with E-state index in [4.69, 9.17) is 34.4 Å². The fraction of sp³-hybridized carbons (Fsp3) is 0.267. The van der Waals surface area contributed by atoms with Gasteiger partial charge in [0.15, 0.2) is 0 Å². The number of halogens is 2. The zero-order valence-electron chi connectivity index (χ0n) is 10.9. The van der Waals surface area contributed by atoms with E-state index in [0.717, 1.165) is 11.3 Å². The van der Waals surface area contributed by atoms with Gasteiger partial charge in [-0.3, -0.25) is 4.79 Å². The highest BCUT2D eigenvalue weighted by Crippen LogP contribution is 2.33. The number of terminal acetylenes is 1. The van der Waals surface area contributed by atoms with Crippen LogP contribution >= 0.6 is 23.2 Å². The zero-order valence-corrected chi connectivity index (χ0v) is 12.4. The first kappa shape index (κ1) is 14.8. The molecular formula is C15H13Cl2NO2. The smallest absolute Gasteiger partial charge is 0.245 e. The van der Waals surface area contributed by atoms with Gasteiger partial charge in [0.05, 0.1) is 5.02 Å². The van der Waals surface area contributed by atoms with Crippen LogP contribution in [0.4, 0.5) is 0 Å². The molecule has 0 saturated carbocycles. The van der Waals surface area contributed by atoms with Crippen molar-refractivity contribution in [2.45, 2.75) is 11.8 Å². The van der Waals surface area contributed by atoms with Crippen molar-refractivity contribution in [1.82, 2.24) is 4.90 Å². The minimum Gasteiger partial charge on any atom is -0.481 e. The monoisotopic (exact) mass is 309 g/mol. The molecule has 1 atom stereocenters. The minimum absolute atomic E-state index is 0.132. The molecule has 1 aliphatic heterocycles. The normalized spacial score (nSPS) is 18.5. The maximum Gasteiger partial charge on any atom is 0.245 e. The number of ether oxygens (including phenoxy) is 1. The van der Waals surface area contributed by atoms with Crippen molar-refractivity contribution in [1.29, 1.82) is 0 Å². The number of amides is 1. The van der Waals surface area contributed by atoms with Crippen molar-refractivity contribution in [3.8, 4) is 18.1 Å². The average Bonchev–Trinajstić information content (AvgIpc) is 2.44. The molecule has 104 valence electrons. The Hall–Kier alpha value is -1.63. The number of alkyl halides is 1. The molecule has 0 aromatic heterocycles. The van der Waals surface area contributed by atoms with Gasteiger partial charge in [0.1, 0.15) is 17.7 Å². The van der Waals surface area contributed by atoms with E-state index in [0.29, 0.717) is 17.2 Å². The molecule has 0 radical (unpaired) electrons. The lowest BCUT2D eigenvalue weighted by Gasteiger charge is -2.28. The number of carbonyl (C=O) groups is 1. The van der Waals surface area contributed by atoms with Gasteiger partial charge >= 0.3 is 0 Å². The van der Waals surface area contributed by atoms with Crippen LogP contribution in [0.15, 0.2) is 24.3 Å². The summed E-state index contributed by atoms with van der Waals surface area (Å²) >= 11 is 12.2. The number of hydrogen-bond acceptors (Lipinski definition) is 2. The molecule has 1 amide bonds. The Morgan fingerprint density at radius 1 is 1.55 bits per heavy atom. The second-order valence-corrected chi connectivity index (χ2v) is 5.26. The van der Waals surface area contributed by atoms with E-state index in [-0.39, 0.29) is 12.5 Å². The molecule has 0 bridgehead atoms. The molecule has 1 aromatic rings. The molecule has 1 aromatic carbocycles. The van der Waals surface area contributed by atoms with Crippen LogP contribution in [0.5, 0.6) is 5.75 Å². The number of benzene rings is 1. The van der Waals surface area contributed by atoms with Crippen LogP contribution in [0.3, 0.4) is 0 Å². The van der Waals surface area contributed by atoms with Crippen molar-refractivity contribution in [2.24, 2.45) is 0 Å². The Morgan fingerprint density at radius 3 is 2.95 bits per heavy atom. The van der Waals surface area contributed by atoms with Gasteiger partial charge in [0, 0.05) is 18.3 Å². The van der Waals surface area contributed by atoms with Crippen LogP contribution in [-0.2, 0) is 4.79 Å². The predicted molar refractivity (Wildman–Crippen MR) is 80.8 cm³/mol. The lowest BCUT2D eigenvalue weighted by Crippen LogP contribution is -2.35. The molecular weight excluding hydrogens is 297 g/mol. The molecule has 1 heterocycles. The van der Waals surface area contributed by atoms with Gasteiger partial charge in [-0.2, -0.15) is 0 Å². The number of allylic oxidation sites excluding steroid dienone is 1. The van der Waals surface area contributed by atoms with Crippen LogP contribution in [-0.4, -0.2) is 29.8 Å². The Morgan fingerprint density at radius 2 is 2.30 bits per heavy atom. The summed E-state index contributed by atoms with van der Waals surface area (Å²) in [5, 5.41) is -0.0146. The summed E-state index contributed by atoms with van der Waals surface area (Å²) in [6.45, 7) is 0.185. The van der Waals surface area contributed by atoms with Gasteiger partial charge in [0.25, 0.3) is 0 Å². The van der Waals surface area contributed by atoms with E-state index in [2.05, 4.69) is 5.92 Å². The molecule has 3 nitrogen and oxygen atoms in total. The molecule has 0 N–H and O–H groups in total. The highest BCUT2D eigenvalue weighted by atomic mass is 35.5. The summed E-state index contributed by atoms with van der Waals surface area (Å²) in [6.07, 6.45) is 7.53. The van der Waals surface area contributed by atoms with E-state index in [1.807, 2.05) is 6.08 Å². The Bertz CT molecular complexity index is 604. The fourth-order valence-electron chi connectivity index (χ4n) is 1.99. The lowest BCUT2D eigenvalue weighted by atomic mass is 10.0. The van der Waals surface area contributed by atoms with E-state index in [9.17, 15) is 4.79 Å².